The summed E-state index contributed by atoms with van der Waals surface area (Å²) in [5.74, 6) is 2.76. The van der Waals surface area contributed by atoms with Crippen molar-refractivity contribution in [1.29, 1.82) is 0 Å². The molecule has 26 heavy (non-hydrogen) atoms. The Balaban J connectivity index is 1.77. The minimum absolute atomic E-state index is 0.807. The van der Waals surface area contributed by atoms with Crippen LogP contribution in [0.1, 0.15) is 23.7 Å². The predicted molar refractivity (Wildman–Crippen MR) is 107 cm³/mol. The van der Waals surface area contributed by atoms with Gasteiger partial charge in [-0.25, -0.2) is 4.98 Å². The molecule has 4 nitrogen and oxygen atoms in total. The number of hydrogen-bond acceptors (Lipinski definition) is 4. The zero-order chi connectivity index (χ0) is 18.4. The number of aromatic nitrogens is 2. The molecule has 2 aromatic carbocycles. The van der Waals surface area contributed by atoms with Crippen LogP contribution >= 0.6 is 11.8 Å². The number of nitrogens with zero attached hydrogens (tertiary/aromatic N) is 2. The van der Waals surface area contributed by atoms with Gasteiger partial charge in [0, 0.05) is 19.2 Å². The molecule has 0 fully saturated rings. The first-order valence-electron chi connectivity index (χ1n) is 8.66. The molecule has 0 unspecified atom stereocenters. The molecule has 0 N–H and O–H groups in total. The molecule has 1 aromatic heterocycles. The van der Waals surface area contributed by atoms with E-state index in [9.17, 15) is 0 Å². The molecule has 0 bridgehead atoms. The Hall–Kier alpha value is -2.40. The van der Waals surface area contributed by atoms with Crippen molar-refractivity contribution in [3.63, 3.8) is 0 Å². The molecule has 0 amide bonds. The molecule has 0 aliphatic heterocycles. The van der Waals surface area contributed by atoms with Crippen molar-refractivity contribution in [3.8, 4) is 11.5 Å². The van der Waals surface area contributed by atoms with Crippen molar-refractivity contribution in [3.05, 3.63) is 71.5 Å². The number of imidazole rings is 1. The van der Waals surface area contributed by atoms with E-state index in [0.29, 0.717) is 0 Å². The van der Waals surface area contributed by atoms with Gasteiger partial charge in [-0.05, 0) is 41.1 Å². The maximum absolute atomic E-state index is 5.24. The van der Waals surface area contributed by atoms with Gasteiger partial charge in [0.25, 0.3) is 0 Å². The normalized spacial score (nSPS) is 10.7. The van der Waals surface area contributed by atoms with E-state index in [4.69, 9.17) is 14.5 Å². The molecule has 0 aliphatic carbocycles. The second-order valence-corrected chi connectivity index (χ2v) is 7.18. The van der Waals surface area contributed by atoms with Crippen LogP contribution in [0.5, 0.6) is 11.5 Å². The Bertz CT molecular complexity index is 826. The number of methoxy groups -OCH3 is 2. The molecule has 1 heterocycles. The van der Waals surface area contributed by atoms with Gasteiger partial charge in [0.1, 0.15) is 11.5 Å². The molecule has 0 saturated heterocycles. The third-order valence-corrected chi connectivity index (χ3v) is 4.99. The van der Waals surface area contributed by atoms with Gasteiger partial charge in [-0.1, -0.05) is 43.0 Å². The van der Waals surface area contributed by atoms with E-state index >= 15 is 0 Å². The highest BCUT2D eigenvalue weighted by molar-refractivity contribution is 7.99. The lowest BCUT2D eigenvalue weighted by atomic mass is 10.1. The van der Waals surface area contributed by atoms with Crippen molar-refractivity contribution in [2.75, 3.05) is 20.0 Å². The Labute approximate surface area is 159 Å². The van der Waals surface area contributed by atoms with Crippen molar-refractivity contribution < 1.29 is 9.47 Å². The molecular formula is C21H24N2O2S. The average molecular weight is 369 g/mol. The fourth-order valence-electron chi connectivity index (χ4n) is 2.77. The predicted octanol–water partition coefficient (Wildman–Crippen LogP) is 4.65. The maximum atomic E-state index is 5.24. The Morgan fingerprint density at radius 2 is 1.46 bits per heavy atom. The van der Waals surface area contributed by atoms with Crippen LogP contribution in [0.15, 0.2) is 59.9 Å². The lowest BCUT2D eigenvalue weighted by Crippen LogP contribution is -2.00. The molecule has 0 saturated carbocycles. The third kappa shape index (κ3) is 4.61. The summed E-state index contributed by atoms with van der Waals surface area (Å²) in [4.78, 5) is 4.84. The number of ether oxygens (including phenoxy) is 2. The van der Waals surface area contributed by atoms with Gasteiger partial charge in [-0.3, -0.25) is 0 Å². The summed E-state index contributed by atoms with van der Waals surface area (Å²) in [7, 11) is 3.37. The lowest BCUT2D eigenvalue weighted by Gasteiger charge is -2.07. The second-order valence-electron chi connectivity index (χ2n) is 5.95. The molecule has 3 rings (SSSR count). The highest BCUT2D eigenvalue weighted by Crippen LogP contribution is 2.22. The van der Waals surface area contributed by atoms with Gasteiger partial charge in [0.15, 0.2) is 5.16 Å². The van der Waals surface area contributed by atoms with E-state index in [2.05, 4.69) is 42.0 Å². The molecular weight excluding hydrogens is 344 g/mol. The number of thioether (sulfide) groups is 1. The second kappa shape index (κ2) is 8.81. The first-order chi connectivity index (χ1) is 12.7. The monoisotopic (exact) mass is 368 g/mol. The Kier molecular flexibility index (Phi) is 6.23. The van der Waals surface area contributed by atoms with Gasteiger partial charge in [0.2, 0.25) is 0 Å². The standard InChI is InChI=1S/C21H24N2O2S/c1-4-26-21-22-18(13-16-5-9-19(24-2)10-6-16)15-23(21)14-17-7-11-20(25-3)12-8-17/h5-12,15H,4,13-14H2,1-3H3. The van der Waals surface area contributed by atoms with Crippen LogP contribution in [0.4, 0.5) is 0 Å². The van der Waals surface area contributed by atoms with E-state index in [1.165, 1.54) is 11.1 Å². The molecule has 0 aliphatic rings. The van der Waals surface area contributed by atoms with Crippen LogP contribution < -0.4 is 9.47 Å². The van der Waals surface area contributed by atoms with E-state index in [0.717, 1.165) is 41.1 Å². The van der Waals surface area contributed by atoms with E-state index < -0.39 is 0 Å². The van der Waals surface area contributed by atoms with Crippen LogP contribution in [0, 0.1) is 0 Å². The largest absolute Gasteiger partial charge is 0.497 e. The molecule has 0 atom stereocenters. The minimum atomic E-state index is 0.807. The summed E-state index contributed by atoms with van der Waals surface area (Å²) in [6.45, 7) is 2.96. The first-order valence-corrected chi connectivity index (χ1v) is 9.65. The van der Waals surface area contributed by atoms with Gasteiger partial charge in [-0.2, -0.15) is 0 Å². The lowest BCUT2D eigenvalue weighted by molar-refractivity contribution is 0.414. The Morgan fingerprint density at radius 3 is 2.00 bits per heavy atom. The van der Waals surface area contributed by atoms with E-state index in [1.54, 1.807) is 26.0 Å². The van der Waals surface area contributed by atoms with Gasteiger partial charge >= 0.3 is 0 Å². The zero-order valence-corrected chi connectivity index (χ0v) is 16.3. The summed E-state index contributed by atoms with van der Waals surface area (Å²) in [5, 5.41) is 1.06. The topological polar surface area (TPSA) is 36.3 Å². The smallest absolute Gasteiger partial charge is 0.168 e. The fraction of sp³-hybridized carbons (Fsp3) is 0.286. The van der Waals surface area contributed by atoms with Crippen LogP contribution in [0.3, 0.4) is 0 Å². The van der Waals surface area contributed by atoms with Crippen molar-refractivity contribution >= 4 is 11.8 Å². The van der Waals surface area contributed by atoms with Crippen LogP contribution in [0.2, 0.25) is 0 Å². The summed E-state index contributed by atoms with van der Waals surface area (Å²) < 4.78 is 12.7. The van der Waals surface area contributed by atoms with Gasteiger partial charge < -0.3 is 14.0 Å². The molecule has 0 radical (unpaired) electrons. The first kappa shape index (κ1) is 18.4. The third-order valence-electron chi connectivity index (χ3n) is 4.12. The van der Waals surface area contributed by atoms with Gasteiger partial charge in [-0.15, -0.1) is 0 Å². The SMILES string of the molecule is CCSc1nc(Cc2ccc(OC)cc2)cn1Cc1ccc(OC)cc1. The molecule has 3 aromatic rings. The quantitative estimate of drug-likeness (QED) is 0.542. The minimum Gasteiger partial charge on any atom is -0.497 e. The molecule has 5 heteroatoms. The number of benzene rings is 2. The van der Waals surface area contributed by atoms with Crippen molar-refractivity contribution in [2.45, 2.75) is 25.0 Å². The highest BCUT2D eigenvalue weighted by Gasteiger charge is 2.10. The average Bonchev–Trinajstić information content (AvgIpc) is 3.04. The summed E-state index contributed by atoms with van der Waals surface area (Å²) in [6, 6.07) is 16.4. The summed E-state index contributed by atoms with van der Waals surface area (Å²) in [5.41, 5.74) is 3.55. The number of hydrogen-bond donors (Lipinski definition) is 0. The van der Waals surface area contributed by atoms with Crippen molar-refractivity contribution in [2.24, 2.45) is 0 Å². The van der Waals surface area contributed by atoms with Crippen LogP contribution in [0.25, 0.3) is 0 Å². The van der Waals surface area contributed by atoms with Crippen LogP contribution in [-0.4, -0.2) is 29.5 Å². The maximum Gasteiger partial charge on any atom is 0.168 e. The highest BCUT2D eigenvalue weighted by atomic mass is 32.2. The molecule has 0 spiro atoms. The van der Waals surface area contributed by atoms with Crippen molar-refractivity contribution in [1.82, 2.24) is 9.55 Å². The van der Waals surface area contributed by atoms with Gasteiger partial charge in [0.05, 0.1) is 19.9 Å². The molecule has 136 valence electrons. The van der Waals surface area contributed by atoms with E-state index in [-0.39, 0.29) is 0 Å². The fourth-order valence-corrected chi connectivity index (χ4v) is 3.50. The van der Waals surface area contributed by atoms with Crippen LogP contribution in [-0.2, 0) is 13.0 Å². The summed E-state index contributed by atoms with van der Waals surface area (Å²) in [6.07, 6.45) is 2.98. The number of rotatable bonds is 8. The summed E-state index contributed by atoms with van der Waals surface area (Å²) >= 11 is 1.77. The van der Waals surface area contributed by atoms with E-state index in [1.807, 2.05) is 24.3 Å². The zero-order valence-electron chi connectivity index (χ0n) is 15.4. The Morgan fingerprint density at radius 1 is 0.885 bits per heavy atom.